The maximum absolute atomic E-state index is 12.7. The lowest BCUT2D eigenvalue weighted by atomic mass is 10.1. The van der Waals surface area contributed by atoms with Crippen LogP contribution in [0.25, 0.3) is 0 Å². The molecule has 0 atom stereocenters. The third-order valence-electron chi connectivity index (χ3n) is 4.16. The molecule has 0 N–H and O–H groups in total. The first-order valence-corrected chi connectivity index (χ1v) is 9.37. The van der Waals surface area contributed by atoms with E-state index in [0.29, 0.717) is 23.0 Å². The van der Waals surface area contributed by atoms with Gasteiger partial charge in [-0.25, -0.2) is 0 Å². The summed E-state index contributed by atoms with van der Waals surface area (Å²) in [5.74, 6) is -0.178. The molecule has 10 heteroatoms. The summed E-state index contributed by atoms with van der Waals surface area (Å²) in [6.45, 7) is 0.636. The molecule has 0 spiro atoms. The summed E-state index contributed by atoms with van der Waals surface area (Å²) in [5.41, 5.74) is -0.869. The van der Waals surface area contributed by atoms with E-state index in [4.69, 9.17) is 0 Å². The second-order valence-corrected chi connectivity index (χ2v) is 7.12. The summed E-state index contributed by atoms with van der Waals surface area (Å²) in [6, 6.07) is 8.59. The van der Waals surface area contributed by atoms with Crippen LogP contribution >= 0.6 is 11.8 Å². The third kappa shape index (κ3) is 5.11. The van der Waals surface area contributed by atoms with Gasteiger partial charge in [0.1, 0.15) is 0 Å². The highest BCUT2D eigenvalue weighted by molar-refractivity contribution is 8.13. The molecule has 0 bridgehead atoms. The van der Waals surface area contributed by atoms with Gasteiger partial charge in [-0.2, -0.15) is 26.3 Å². The van der Waals surface area contributed by atoms with Crippen LogP contribution in [0.1, 0.15) is 27.0 Å². The highest BCUT2D eigenvalue weighted by Gasteiger charge is 2.32. The highest BCUT2D eigenvalue weighted by Crippen LogP contribution is 2.31. The lowest BCUT2D eigenvalue weighted by Crippen LogP contribution is -2.32. The summed E-state index contributed by atoms with van der Waals surface area (Å²) in [5, 5.41) is 0.384. The Kier molecular flexibility index (Phi) is 5.92. The number of halogens is 6. The zero-order chi connectivity index (χ0) is 21.2. The standard InChI is InChI=1S/C19H14F6N2OS/c20-18(21,22)14-5-1-12(2-6-14)11-29-17-26-9-10-27(17)16(28)13-3-7-15(8-4-13)19(23,24)25/h1-8H,9-11H2. The van der Waals surface area contributed by atoms with E-state index < -0.39 is 29.4 Å². The second-order valence-electron chi connectivity index (χ2n) is 6.18. The zero-order valence-corrected chi connectivity index (χ0v) is 15.5. The minimum atomic E-state index is -4.49. The van der Waals surface area contributed by atoms with E-state index in [0.717, 1.165) is 36.4 Å². The quantitative estimate of drug-likeness (QED) is 0.603. The molecule has 1 amide bonds. The molecule has 1 aliphatic rings. The van der Waals surface area contributed by atoms with Gasteiger partial charge in [0.15, 0.2) is 5.17 Å². The maximum atomic E-state index is 12.7. The van der Waals surface area contributed by atoms with Crippen molar-refractivity contribution in [2.24, 2.45) is 4.99 Å². The van der Waals surface area contributed by atoms with Crippen molar-refractivity contribution >= 4 is 22.8 Å². The molecule has 0 fully saturated rings. The first kappa shape index (κ1) is 21.2. The van der Waals surface area contributed by atoms with Gasteiger partial charge in [-0.15, -0.1) is 0 Å². The Balaban J connectivity index is 1.64. The van der Waals surface area contributed by atoms with Crippen molar-refractivity contribution in [1.29, 1.82) is 0 Å². The van der Waals surface area contributed by atoms with E-state index in [-0.39, 0.29) is 12.1 Å². The van der Waals surface area contributed by atoms with Crippen LogP contribution in [0.15, 0.2) is 53.5 Å². The van der Waals surface area contributed by atoms with Gasteiger partial charge < -0.3 is 0 Å². The van der Waals surface area contributed by atoms with Crippen LogP contribution in [-0.2, 0) is 18.1 Å². The monoisotopic (exact) mass is 432 g/mol. The minimum Gasteiger partial charge on any atom is -0.286 e. The molecule has 0 radical (unpaired) electrons. The number of carbonyl (C=O) groups excluding carboxylic acids is 1. The molecule has 3 nitrogen and oxygen atoms in total. The Bertz CT molecular complexity index is 904. The molecule has 2 aromatic carbocycles. The molecule has 1 heterocycles. The Labute approximate surface area is 166 Å². The van der Waals surface area contributed by atoms with Crippen molar-refractivity contribution < 1.29 is 31.1 Å². The number of nitrogens with zero attached hydrogens (tertiary/aromatic N) is 2. The molecule has 0 saturated heterocycles. The molecule has 0 aromatic heterocycles. The lowest BCUT2D eigenvalue weighted by molar-refractivity contribution is -0.138. The number of amides is 1. The molecule has 154 valence electrons. The van der Waals surface area contributed by atoms with Crippen molar-refractivity contribution in [2.75, 3.05) is 13.1 Å². The Morgan fingerprint density at radius 3 is 1.93 bits per heavy atom. The molecule has 2 aromatic rings. The van der Waals surface area contributed by atoms with Crippen molar-refractivity contribution in [3.63, 3.8) is 0 Å². The van der Waals surface area contributed by atoms with Crippen LogP contribution in [0.5, 0.6) is 0 Å². The van der Waals surface area contributed by atoms with E-state index in [9.17, 15) is 31.1 Å². The SMILES string of the molecule is O=C(c1ccc(C(F)(F)F)cc1)N1CCN=C1SCc1ccc(C(F)(F)F)cc1. The van der Waals surface area contributed by atoms with E-state index >= 15 is 0 Å². The number of thioether (sulfide) groups is 1. The van der Waals surface area contributed by atoms with Crippen molar-refractivity contribution in [2.45, 2.75) is 18.1 Å². The number of carbonyl (C=O) groups is 1. The van der Waals surface area contributed by atoms with Gasteiger partial charge in [0.05, 0.1) is 17.7 Å². The van der Waals surface area contributed by atoms with Crippen molar-refractivity contribution in [3.8, 4) is 0 Å². The fourth-order valence-electron chi connectivity index (χ4n) is 2.63. The fourth-order valence-corrected chi connectivity index (χ4v) is 3.63. The van der Waals surface area contributed by atoms with Gasteiger partial charge in [0.25, 0.3) is 5.91 Å². The number of alkyl halides is 6. The number of rotatable bonds is 3. The topological polar surface area (TPSA) is 32.7 Å². The number of hydrogen-bond donors (Lipinski definition) is 0. The van der Waals surface area contributed by atoms with Gasteiger partial charge in [0.2, 0.25) is 0 Å². The van der Waals surface area contributed by atoms with E-state index in [1.165, 1.54) is 28.8 Å². The van der Waals surface area contributed by atoms with Crippen LogP contribution in [0.4, 0.5) is 26.3 Å². The largest absolute Gasteiger partial charge is 0.416 e. The molecule has 0 saturated carbocycles. The predicted molar refractivity (Wildman–Crippen MR) is 97.5 cm³/mol. The van der Waals surface area contributed by atoms with E-state index in [1.807, 2.05) is 0 Å². The first-order chi connectivity index (χ1) is 13.6. The summed E-state index contributed by atoms with van der Waals surface area (Å²) in [4.78, 5) is 18.2. The Morgan fingerprint density at radius 2 is 1.41 bits per heavy atom. The first-order valence-electron chi connectivity index (χ1n) is 8.38. The number of benzene rings is 2. The maximum Gasteiger partial charge on any atom is 0.416 e. The zero-order valence-electron chi connectivity index (χ0n) is 14.7. The van der Waals surface area contributed by atoms with Crippen LogP contribution in [0.2, 0.25) is 0 Å². The van der Waals surface area contributed by atoms with Crippen molar-refractivity contribution in [1.82, 2.24) is 4.90 Å². The third-order valence-corrected chi connectivity index (χ3v) is 5.24. The highest BCUT2D eigenvalue weighted by atomic mass is 32.2. The number of hydrogen-bond acceptors (Lipinski definition) is 3. The second kappa shape index (κ2) is 8.10. The minimum absolute atomic E-state index is 0.0998. The molecule has 29 heavy (non-hydrogen) atoms. The van der Waals surface area contributed by atoms with E-state index in [1.54, 1.807) is 0 Å². The summed E-state index contributed by atoms with van der Waals surface area (Å²) < 4.78 is 75.8. The van der Waals surface area contributed by atoms with Crippen molar-refractivity contribution in [3.05, 3.63) is 70.8 Å². The molecular formula is C19H14F6N2OS. The van der Waals surface area contributed by atoms with Crippen LogP contribution in [-0.4, -0.2) is 29.1 Å². The molecule has 1 aliphatic heterocycles. The van der Waals surface area contributed by atoms with Gasteiger partial charge in [0, 0.05) is 17.9 Å². The molecule has 0 aliphatic carbocycles. The Hall–Kier alpha value is -2.49. The van der Waals surface area contributed by atoms with Gasteiger partial charge in [-0.1, -0.05) is 23.9 Å². The van der Waals surface area contributed by atoms with Gasteiger partial charge in [-0.3, -0.25) is 14.7 Å². The summed E-state index contributed by atoms with van der Waals surface area (Å²) in [6.07, 6.45) is -8.90. The fraction of sp³-hybridized carbons (Fsp3) is 0.263. The summed E-state index contributed by atoms with van der Waals surface area (Å²) >= 11 is 1.18. The Morgan fingerprint density at radius 1 is 0.897 bits per heavy atom. The van der Waals surface area contributed by atoms with Crippen LogP contribution < -0.4 is 0 Å². The predicted octanol–water partition coefficient (Wildman–Crippen LogP) is 5.47. The number of amidine groups is 1. The number of aliphatic imine (C=N–C) groups is 1. The normalized spacial score (nSPS) is 14.8. The van der Waals surface area contributed by atoms with Crippen LogP contribution in [0, 0.1) is 0 Å². The smallest absolute Gasteiger partial charge is 0.286 e. The van der Waals surface area contributed by atoms with Crippen LogP contribution in [0.3, 0.4) is 0 Å². The summed E-state index contributed by atoms with van der Waals surface area (Å²) in [7, 11) is 0. The average Bonchev–Trinajstić information content (AvgIpc) is 3.13. The average molecular weight is 432 g/mol. The molecule has 0 unspecified atom stereocenters. The van der Waals surface area contributed by atoms with E-state index in [2.05, 4.69) is 4.99 Å². The van der Waals surface area contributed by atoms with Gasteiger partial charge in [-0.05, 0) is 42.0 Å². The molecule has 3 rings (SSSR count). The molecular weight excluding hydrogens is 418 g/mol. The lowest BCUT2D eigenvalue weighted by Gasteiger charge is -2.18. The van der Waals surface area contributed by atoms with Gasteiger partial charge >= 0.3 is 12.4 Å².